The molecule has 136 valence electrons. The summed E-state index contributed by atoms with van der Waals surface area (Å²) in [6.45, 7) is 6.43. The zero-order chi connectivity index (χ0) is 18.8. The van der Waals surface area contributed by atoms with Gasteiger partial charge < -0.3 is 10.0 Å². The lowest BCUT2D eigenvalue weighted by molar-refractivity contribution is 0.249. The molecule has 1 fully saturated rings. The molecule has 4 rings (SSSR count). The number of phenolic OH excluding ortho intramolecular Hbond substituents is 1. The summed E-state index contributed by atoms with van der Waals surface area (Å²) < 4.78 is 0. The first kappa shape index (κ1) is 17.3. The second kappa shape index (κ2) is 7.26. The molecule has 2 heterocycles. The summed E-state index contributed by atoms with van der Waals surface area (Å²) >= 11 is 0. The highest BCUT2D eigenvalue weighted by molar-refractivity contribution is 5.96. The number of rotatable bonds is 3. The Kier molecular flexibility index (Phi) is 4.66. The molecule has 2 aromatic carbocycles. The van der Waals surface area contributed by atoms with Gasteiger partial charge in [-0.25, -0.2) is 0 Å². The summed E-state index contributed by atoms with van der Waals surface area (Å²) in [4.78, 5) is 9.19. The fourth-order valence-electron chi connectivity index (χ4n) is 3.82. The van der Waals surface area contributed by atoms with Crippen LogP contribution in [0.5, 0.6) is 5.75 Å². The van der Waals surface area contributed by atoms with Crippen molar-refractivity contribution >= 4 is 16.6 Å². The molecule has 5 heteroatoms. The average molecular weight is 358 g/mol. The van der Waals surface area contributed by atoms with Crippen molar-refractivity contribution < 1.29 is 5.11 Å². The number of nitrogens with zero attached hydrogens (tertiary/aromatic N) is 4. The third-order valence-electron chi connectivity index (χ3n) is 5.20. The minimum Gasteiger partial charge on any atom is -0.508 e. The minimum atomic E-state index is 0.309. The van der Waals surface area contributed by atoms with Gasteiger partial charge in [-0.3, -0.25) is 9.88 Å². The van der Waals surface area contributed by atoms with E-state index in [0.29, 0.717) is 11.3 Å². The lowest BCUT2D eigenvalue weighted by Gasteiger charge is -2.37. The number of nitriles is 1. The van der Waals surface area contributed by atoms with Crippen LogP contribution in [0.1, 0.15) is 16.7 Å². The van der Waals surface area contributed by atoms with Gasteiger partial charge in [0.2, 0.25) is 0 Å². The number of pyridine rings is 1. The van der Waals surface area contributed by atoms with Crippen LogP contribution >= 0.6 is 0 Å². The van der Waals surface area contributed by atoms with Crippen molar-refractivity contribution in [3.05, 3.63) is 65.4 Å². The predicted molar refractivity (Wildman–Crippen MR) is 107 cm³/mol. The van der Waals surface area contributed by atoms with Crippen molar-refractivity contribution in [1.82, 2.24) is 9.88 Å². The van der Waals surface area contributed by atoms with Crippen LogP contribution in [0.15, 0.2) is 48.7 Å². The second-order valence-corrected chi connectivity index (χ2v) is 7.04. The number of phenols is 1. The van der Waals surface area contributed by atoms with Gasteiger partial charge in [-0.15, -0.1) is 0 Å². The van der Waals surface area contributed by atoms with Gasteiger partial charge in [0.25, 0.3) is 0 Å². The van der Waals surface area contributed by atoms with E-state index in [1.54, 1.807) is 12.3 Å². The third kappa shape index (κ3) is 3.44. The van der Waals surface area contributed by atoms with Crippen LogP contribution < -0.4 is 4.90 Å². The Morgan fingerprint density at radius 2 is 1.89 bits per heavy atom. The lowest BCUT2D eigenvalue weighted by atomic mass is 10.0. The van der Waals surface area contributed by atoms with E-state index in [9.17, 15) is 10.4 Å². The standard InChI is InChI=1S/C22H22N4O/c1-16-4-2-7-20-21(16)24-14-18(13-23)22(20)26-10-8-25(9-11-26)15-17-5-3-6-19(27)12-17/h2-7,12,14,27H,8-11,15H2,1H3. The molecule has 0 bridgehead atoms. The number of aryl methyl sites for hydroxylation is 1. The number of hydrogen-bond donors (Lipinski definition) is 1. The third-order valence-corrected chi connectivity index (χ3v) is 5.20. The fourth-order valence-corrected chi connectivity index (χ4v) is 3.82. The van der Waals surface area contributed by atoms with Gasteiger partial charge in [-0.1, -0.05) is 30.3 Å². The normalized spacial score (nSPS) is 15.0. The molecule has 0 atom stereocenters. The summed E-state index contributed by atoms with van der Waals surface area (Å²) in [5.74, 6) is 0.309. The highest BCUT2D eigenvalue weighted by atomic mass is 16.3. The van der Waals surface area contributed by atoms with E-state index < -0.39 is 0 Å². The Balaban J connectivity index is 1.56. The van der Waals surface area contributed by atoms with Crippen molar-refractivity contribution in [2.45, 2.75) is 13.5 Å². The van der Waals surface area contributed by atoms with Gasteiger partial charge >= 0.3 is 0 Å². The molecule has 0 radical (unpaired) electrons. The maximum atomic E-state index is 9.65. The van der Waals surface area contributed by atoms with Crippen molar-refractivity contribution in [2.75, 3.05) is 31.1 Å². The van der Waals surface area contributed by atoms with Crippen molar-refractivity contribution in [2.24, 2.45) is 0 Å². The molecule has 1 N–H and O–H groups in total. The number of fused-ring (bicyclic) bond motifs is 1. The summed E-state index contributed by atoms with van der Waals surface area (Å²) in [5.41, 5.74) is 4.85. The Morgan fingerprint density at radius 3 is 2.63 bits per heavy atom. The number of aromatic hydroxyl groups is 1. The lowest BCUT2D eigenvalue weighted by Crippen LogP contribution is -2.46. The number of aromatic nitrogens is 1. The first-order valence-corrected chi connectivity index (χ1v) is 9.19. The van der Waals surface area contributed by atoms with Crippen LogP contribution in [-0.2, 0) is 6.54 Å². The minimum absolute atomic E-state index is 0.309. The van der Waals surface area contributed by atoms with E-state index in [4.69, 9.17) is 0 Å². The fraction of sp³-hybridized carbons (Fsp3) is 0.273. The van der Waals surface area contributed by atoms with Crippen LogP contribution in [0, 0.1) is 18.3 Å². The van der Waals surface area contributed by atoms with Crippen LogP contribution in [-0.4, -0.2) is 41.2 Å². The summed E-state index contributed by atoms with van der Waals surface area (Å²) in [6, 6.07) is 15.9. The first-order valence-electron chi connectivity index (χ1n) is 9.19. The maximum Gasteiger partial charge on any atom is 0.115 e. The SMILES string of the molecule is Cc1cccc2c(N3CCN(Cc4cccc(O)c4)CC3)c(C#N)cnc12. The number of para-hydroxylation sites is 1. The van der Waals surface area contributed by atoms with Gasteiger partial charge in [0, 0.05) is 44.3 Å². The molecule has 1 saturated heterocycles. The van der Waals surface area contributed by atoms with E-state index >= 15 is 0 Å². The summed E-state index contributed by atoms with van der Waals surface area (Å²) in [7, 11) is 0. The quantitative estimate of drug-likeness (QED) is 0.777. The average Bonchev–Trinajstić information content (AvgIpc) is 2.68. The number of hydrogen-bond acceptors (Lipinski definition) is 5. The number of piperazine rings is 1. The zero-order valence-corrected chi connectivity index (χ0v) is 15.4. The smallest absolute Gasteiger partial charge is 0.115 e. The van der Waals surface area contributed by atoms with Crippen molar-refractivity contribution in [3.63, 3.8) is 0 Å². The molecule has 27 heavy (non-hydrogen) atoms. The highest BCUT2D eigenvalue weighted by Gasteiger charge is 2.22. The molecule has 0 saturated carbocycles. The topological polar surface area (TPSA) is 63.4 Å². The molecule has 0 spiro atoms. The molecule has 1 aliphatic rings. The van der Waals surface area contributed by atoms with Crippen molar-refractivity contribution in [1.29, 1.82) is 5.26 Å². The zero-order valence-electron chi connectivity index (χ0n) is 15.4. The maximum absolute atomic E-state index is 9.65. The number of anilines is 1. The van der Waals surface area contributed by atoms with E-state index in [1.165, 1.54) is 0 Å². The van der Waals surface area contributed by atoms with Gasteiger partial charge in [0.1, 0.15) is 11.8 Å². The van der Waals surface area contributed by atoms with Gasteiger partial charge in [-0.05, 0) is 30.2 Å². The van der Waals surface area contributed by atoms with E-state index in [-0.39, 0.29) is 0 Å². The van der Waals surface area contributed by atoms with E-state index in [2.05, 4.69) is 39.9 Å². The van der Waals surface area contributed by atoms with Crippen LogP contribution in [0.3, 0.4) is 0 Å². The molecule has 1 aliphatic heterocycles. The second-order valence-electron chi connectivity index (χ2n) is 7.04. The van der Waals surface area contributed by atoms with E-state index in [1.807, 2.05) is 24.3 Å². The molecule has 5 nitrogen and oxygen atoms in total. The van der Waals surface area contributed by atoms with Crippen LogP contribution in [0.4, 0.5) is 5.69 Å². The molecule has 0 amide bonds. The first-order chi connectivity index (χ1) is 13.2. The van der Waals surface area contributed by atoms with Gasteiger partial charge in [-0.2, -0.15) is 5.26 Å². The molecular formula is C22H22N4O. The predicted octanol–water partition coefficient (Wildman–Crippen LogP) is 3.44. The molecular weight excluding hydrogens is 336 g/mol. The monoisotopic (exact) mass is 358 g/mol. The highest BCUT2D eigenvalue weighted by Crippen LogP contribution is 2.31. The molecule has 1 aromatic heterocycles. The molecule has 3 aromatic rings. The Bertz CT molecular complexity index is 1020. The van der Waals surface area contributed by atoms with Gasteiger partial charge in [0.15, 0.2) is 0 Å². The van der Waals surface area contributed by atoms with E-state index in [0.717, 1.165) is 60.4 Å². The molecule has 0 aliphatic carbocycles. The Morgan fingerprint density at radius 1 is 1.11 bits per heavy atom. The summed E-state index contributed by atoms with van der Waals surface area (Å²) in [6.07, 6.45) is 1.70. The van der Waals surface area contributed by atoms with Crippen molar-refractivity contribution in [3.8, 4) is 11.8 Å². The molecule has 0 unspecified atom stereocenters. The number of benzene rings is 2. The van der Waals surface area contributed by atoms with Crippen LogP contribution in [0.2, 0.25) is 0 Å². The Labute approximate surface area is 159 Å². The summed E-state index contributed by atoms with van der Waals surface area (Å²) in [5, 5.41) is 20.3. The van der Waals surface area contributed by atoms with Gasteiger partial charge in [0.05, 0.1) is 16.8 Å². The Hall–Kier alpha value is -3.10. The largest absolute Gasteiger partial charge is 0.508 e. The van der Waals surface area contributed by atoms with Crippen LogP contribution in [0.25, 0.3) is 10.9 Å².